The van der Waals surface area contributed by atoms with Gasteiger partial charge in [0.05, 0.1) is 0 Å². The molecule has 2 N–H and O–H groups in total. The summed E-state index contributed by atoms with van der Waals surface area (Å²) in [6, 6.07) is 0. The van der Waals surface area contributed by atoms with Gasteiger partial charge in [-0.15, -0.1) is 6.58 Å². The van der Waals surface area contributed by atoms with Crippen molar-refractivity contribution in [3.05, 3.63) is 12.7 Å². The summed E-state index contributed by atoms with van der Waals surface area (Å²) in [4.78, 5) is 2.51. The van der Waals surface area contributed by atoms with Crippen LogP contribution in [0.25, 0.3) is 0 Å². The number of piperidine rings is 1. The molecule has 0 radical (unpaired) electrons. The van der Waals surface area contributed by atoms with Gasteiger partial charge in [-0.05, 0) is 37.8 Å². The molecule has 0 saturated carbocycles. The van der Waals surface area contributed by atoms with Crippen molar-refractivity contribution in [2.75, 3.05) is 26.2 Å². The van der Waals surface area contributed by atoms with Crippen molar-refractivity contribution < 1.29 is 0 Å². The quantitative estimate of drug-likeness (QED) is 0.667. The molecule has 1 fully saturated rings. The average Bonchev–Trinajstić information content (AvgIpc) is 2.16. The van der Waals surface area contributed by atoms with Crippen LogP contribution in [0.5, 0.6) is 0 Å². The van der Waals surface area contributed by atoms with Gasteiger partial charge in [-0.1, -0.05) is 13.0 Å². The summed E-state index contributed by atoms with van der Waals surface area (Å²) in [6.07, 6.45) is 4.40. The van der Waals surface area contributed by atoms with E-state index in [1.807, 2.05) is 6.08 Å². The third kappa shape index (κ3) is 3.12. The summed E-state index contributed by atoms with van der Waals surface area (Å²) in [6.45, 7) is 10.5. The van der Waals surface area contributed by atoms with E-state index in [9.17, 15) is 0 Å². The van der Waals surface area contributed by atoms with E-state index >= 15 is 0 Å². The molecule has 1 rings (SSSR count). The molecule has 1 aliphatic heterocycles. The van der Waals surface area contributed by atoms with Gasteiger partial charge in [-0.2, -0.15) is 0 Å². The lowest BCUT2D eigenvalue weighted by Gasteiger charge is -2.36. The average molecular weight is 182 g/mol. The Morgan fingerprint density at radius 3 is 3.00 bits per heavy atom. The van der Waals surface area contributed by atoms with Crippen LogP contribution in [0.4, 0.5) is 0 Å². The molecule has 0 amide bonds. The number of rotatable bonds is 4. The molecule has 1 heterocycles. The maximum Gasteiger partial charge on any atom is 0.00244 e. The monoisotopic (exact) mass is 182 g/mol. The summed E-state index contributed by atoms with van der Waals surface area (Å²) in [5.41, 5.74) is 5.74. The van der Waals surface area contributed by atoms with Crippen LogP contribution in [0.15, 0.2) is 12.7 Å². The van der Waals surface area contributed by atoms with E-state index in [1.54, 1.807) is 0 Å². The molecular formula is C11H22N2. The van der Waals surface area contributed by atoms with Crippen LogP contribution in [0, 0.1) is 11.8 Å². The zero-order valence-electron chi connectivity index (χ0n) is 8.71. The first kappa shape index (κ1) is 10.7. The highest BCUT2D eigenvalue weighted by molar-refractivity contribution is 4.80. The molecule has 0 aromatic carbocycles. The van der Waals surface area contributed by atoms with Crippen molar-refractivity contribution in [2.45, 2.75) is 19.8 Å². The molecule has 0 aromatic rings. The van der Waals surface area contributed by atoms with Crippen LogP contribution >= 0.6 is 0 Å². The van der Waals surface area contributed by atoms with Crippen molar-refractivity contribution >= 4 is 0 Å². The molecule has 0 aromatic heterocycles. The van der Waals surface area contributed by atoms with Crippen LogP contribution in [0.3, 0.4) is 0 Å². The lowest BCUT2D eigenvalue weighted by molar-refractivity contribution is 0.134. The first-order valence-electron chi connectivity index (χ1n) is 5.31. The summed E-state index contributed by atoms with van der Waals surface area (Å²) < 4.78 is 0. The SMILES string of the molecule is C=CCCN1CCC(C)C(CN)C1. The Labute approximate surface area is 81.8 Å². The minimum atomic E-state index is 0.707. The molecule has 13 heavy (non-hydrogen) atoms. The van der Waals surface area contributed by atoms with E-state index in [0.29, 0.717) is 5.92 Å². The number of hydrogen-bond acceptors (Lipinski definition) is 2. The van der Waals surface area contributed by atoms with Gasteiger partial charge in [0.25, 0.3) is 0 Å². The fraction of sp³-hybridized carbons (Fsp3) is 0.818. The van der Waals surface area contributed by atoms with Gasteiger partial charge in [0.1, 0.15) is 0 Å². The molecule has 2 nitrogen and oxygen atoms in total. The smallest absolute Gasteiger partial charge is 0.00244 e. The zero-order chi connectivity index (χ0) is 9.68. The van der Waals surface area contributed by atoms with Crippen molar-refractivity contribution in [3.63, 3.8) is 0 Å². The van der Waals surface area contributed by atoms with Crippen molar-refractivity contribution in [1.82, 2.24) is 4.90 Å². The van der Waals surface area contributed by atoms with E-state index in [-0.39, 0.29) is 0 Å². The number of likely N-dealkylation sites (tertiary alicyclic amines) is 1. The van der Waals surface area contributed by atoms with Gasteiger partial charge in [0.15, 0.2) is 0 Å². The van der Waals surface area contributed by atoms with Gasteiger partial charge >= 0.3 is 0 Å². The van der Waals surface area contributed by atoms with E-state index in [0.717, 1.165) is 25.4 Å². The van der Waals surface area contributed by atoms with E-state index in [1.165, 1.54) is 19.5 Å². The van der Waals surface area contributed by atoms with E-state index in [2.05, 4.69) is 18.4 Å². The van der Waals surface area contributed by atoms with E-state index < -0.39 is 0 Å². The minimum absolute atomic E-state index is 0.707. The number of nitrogens with two attached hydrogens (primary N) is 1. The Bertz CT molecular complexity index is 156. The Morgan fingerprint density at radius 2 is 2.38 bits per heavy atom. The molecule has 76 valence electrons. The first-order chi connectivity index (χ1) is 6.27. The van der Waals surface area contributed by atoms with E-state index in [4.69, 9.17) is 5.73 Å². The van der Waals surface area contributed by atoms with Crippen molar-refractivity contribution in [2.24, 2.45) is 17.6 Å². The highest BCUT2D eigenvalue weighted by atomic mass is 15.1. The fourth-order valence-corrected chi connectivity index (χ4v) is 2.01. The first-order valence-corrected chi connectivity index (χ1v) is 5.31. The molecule has 0 bridgehead atoms. The highest BCUT2D eigenvalue weighted by Crippen LogP contribution is 2.21. The Hall–Kier alpha value is -0.340. The van der Waals surface area contributed by atoms with Gasteiger partial charge in [-0.3, -0.25) is 0 Å². The van der Waals surface area contributed by atoms with Gasteiger partial charge in [0.2, 0.25) is 0 Å². The van der Waals surface area contributed by atoms with Crippen LogP contribution in [0.2, 0.25) is 0 Å². The molecule has 2 heteroatoms. The van der Waals surface area contributed by atoms with Crippen LogP contribution in [-0.4, -0.2) is 31.1 Å². The molecule has 1 saturated heterocycles. The van der Waals surface area contributed by atoms with Crippen LogP contribution in [-0.2, 0) is 0 Å². The molecule has 1 aliphatic rings. The predicted octanol–water partition coefficient (Wildman–Crippen LogP) is 1.48. The zero-order valence-corrected chi connectivity index (χ0v) is 8.71. The van der Waals surface area contributed by atoms with Crippen LogP contribution in [0.1, 0.15) is 19.8 Å². The Morgan fingerprint density at radius 1 is 1.62 bits per heavy atom. The normalized spacial score (nSPS) is 30.3. The third-order valence-electron chi connectivity index (χ3n) is 3.15. The highest BCUT2D eigenvalue weighted by Gasteiger charge is 2.24. The number of nitrogens with zero attached hydrogens (tertiary/aromatic N) is 1. The molecule has 0 spiro atoms. The van der Waals surface area contributed by atoms with Crippen LogP contribution < -0.4 is 5.73 Å². The molecule has 2 unspecified atom stereocenters. The molecular weight excluding hydrogens is 160 g/mol. The van der Waals surface area contributed by atoms with Crippen molar-refractivity contribution in [1.29, 1.82) is 0 Å². The second-order valence-corrected chi connectivity index (χ2v) is 4.14. The number of hydrogen-bond donors (Lipinski definition) is 1. The summed E-state index contributed by atoms with van der Waals surface area (Å²) >= 11 is 0. The maximum atomic E-state index is 5.74. The molecule has 0 aliphatic carbocycles. The Balaban J connectivity index is 2.31. The summed E-state index contributed by atoms with van der Waals surface area (Å²) in [5, 5.41) is 0. The summed E-state index contributed by atoms with van der Waals surface area (Å²) in [5.74, 6) is 1.52. The Kier molecular flexibility index (Phi) is 4.46. The topological polar surface area (TPSA) is 29.3 Å². The summed E-state index contributed by atoms with van der Waals surface area (Å²) in [7, 11) is 0. The predicted molar refractivity (Wildman–Crippen MR) is 57.6 cm³/mol. The van der Waals surface area contributed by atoms with Crippen molar-refractivity contribution in [3.8, 4) is 0 Å². The second kappa shape index (κ2) is 5.40. The third-order valence-corrected chi connectivity index (χ3v) is 3.15. The van der Waals surface area contributed by atoms with Gasteiger partial charge < -0.3 is 10.6 Å². The van der Waals surface area contributed by atoms with Gasteiger partial charge in [-0.25, -0.2) is 0 Å². The lowest BCUT2D eigenvalue weighted by Crippen LogP contribution is -2.42. The maximum absolute atomic E-state index is 5.74. The van der Waals surface area contributed by atoms with Gasteiger partial charge in [0, 0.05) is 13.1 Å². The fourth-order valence-electron chi connectivity index (χ4n) is 2.01. The standard InChI is InChI=1S/C11H22N2/c1-3-4-6-13-7-5-10(2)11(8-12)9-13/h3,10-11H,1,4-9,12H2,2H3. The molecule has 2 atom stereocenters. The second-order valence-electron chi connectivity index (χ2n) is 4.14. The largest absolute Gasteiger partial charge is 0.330 e. The lowest BCUT2D eigenvalue weighted by atomic mass is 9.87. The minimum Gasteiger partial charge on any atom is -0.330 e.